The van der Waals surface area contributed by atoms with Gasteiger partial charge in [-0.05, 0) is 36.5 Å². The van der Waals surface area contributed by atoms with Gasteiger partial charge in [-0.3, -0.25) is 9.59 Å². The molecule has 1 aromatic carbocycles. The number of benzene rings is 1. The van der Waals surface area contributed by atoms with Gasteiger partial charge < -0.3 is 9.90 Å². The smallest absolute Gasteiger partial charge is 0.238 e. The number of imide groups is 1. The average molecular weight is 317 g/mol. The van der Waals surface area contributed by atoms with E-state index in [1.807, 2.05) is 12.2 Å². The van der Waals surface area contributed by atoms with E-state index >= 15 is 0 Å². The van der Waals surface area contributed by atoms with Gasteiger partial charge in [0.2, 0.25) is 11.8 Å². The molecule has 1 heterocycles. The van der Waals surface area contributed by atoms with Crippen molar-refractivity contribution in [1.82, 2.24) is 0 Å². The molecule has 2 bridgehead atoms. The van der Waals surface area contributed by atoms with Crippen molar-refractivity contribution in [3.63, 3.8) is 0 Å². The number of hydrogen-bond acceptors (Lipinski definition) is 4. The van der Waals surface area contributed by atoms with Crippen molar-refractivity contribution in [2.45, 2.75) is 6.42 Å². The Morgan fingerprint density at radius 2 is 1.73 bits per heavy atom. The van der Waals surface area contributed by atoms with Crippen molar-refractivity contribution in [3.05, 3.63) is 40.9 Å². The number of rotatable bonds is 2. The second-order valence-electron chi connectivity index (χ2n) is 5.96. The minimum absolute atomic E-state index is 0.0183. The fourth-order valence-electron chi connectivity index (χ4n) is 3.97. The first-order chi connectivity index (χ1) is 10.5. The molecule has 5 nitrogen and oxygen atoms in total. The Hall–Kier alpha value is -2.14. The van der Waals surface area contributed by atoms with E-state index in [1.165, 1.54) is 18.2 Å². The predicted octanol–water partition coefficient (Wildman–Crippen LogP) is 1.01. The molecule has 0 radical (unpaired) electrons. The molecule has 112 valence electrons. The van der Waals surface area contributed by atoms with Gasteiger partial charge in [0.1, 0.15) is 0 Å². The summed E-state index contributed by atoms with van der Waals surface area (Å²) in [4.78, 5) is 37.4. The maximum Gasteiger partial charge on any atom is 0.238 e. The van der Waals surface area contributed by atoms with Crippen molar-refractivity contribution in [2.24, 2.45) is 23.7 Å². The molecule has 6 heteroatoms. The van der Waals surface area contributed by atoms with E-state index in [4.69, 9.17) is 11.6 Å². The number of nitrogens with zero attached hydrogens (tertiary/aromatic N) is 1. The second-order valence-corrected chi connectivity index (χ2v) is 6.37. The first-order valence-corrected chi connectivity index (χ1v) is 7.44. The van der Waals surface area contributed by atoms with Crippen LogP contribution in [0.15, 0.2) is 30.4 Å². The van der Waals surface area contributed by atoms with E-state index in [0.717, 1.165) is 11.3 Å². The fraction of sp³-hybridized carbons (Fsp3) is 0.312. The van der Waals surface area contributed by atoms with Gasteiger partial charge in [0.25, 0.3) is 0 Å². The van der Waals surface area contributed by atoms with Crippen molar-refractivity contribution >= 4 is 35.1 Å². The molecule has 2 aliphatic carbocycles. The third-order valence-electron chi connectivity index (χ3n) is 4.90. The van der Waals surface area contributed by atoms with E-state index in [1.54, 1.807) is 0 Å². The number of halogens is 1. The number of aromatic carboxylic acids is 1. The standard InChI is InChI=1S/C16H12ClNO4/c17-11-4-3-9(6-10(11)16(21)22)18-14(19)12-7-1-2-8(5-7)13(12)15(18)20/h1-4,6-8,12-13H,5H2,(H,21,22)/p-1/t7-,8-,12-,13+/m1/s1. The molecule has 1 saturated heterocycles. The molecule has 1 saturated carbocycles. The van der Waals surface area contributed by atoms with E-state index < -0.39 is 5.97 Å². The molecule has 1 aromatic rings. The molecule has 1 aliphatic heterocycles. The largest absolute Gasteiger partial charge is 0.545 e. The summed E-state index contributed by atoms with van der Waals surface area (Å²) in [7, 11) is 0. The van der Waals surface area contributed by atoms with Crippen LogP contribution in [0.5, 0.6) is 0 Å². The Morgan fingerprint density at radius 3 is 2.27 bits per heavy atom. The van der Waals surface area contributed by atoms with Crippen molar-refractivity contribution in [1.29, 1.82) is 0 Å². The Labute approximate surface area is 131 Å². The van der Waals surface area contributed by atoms with Gasteiger partial charge in [-0.1, -0.05) is 23.8 Å². The van der Waals surface area contributed by atoms with Crippen LogP contribution in [0.2, 0.25) is 5.02 Å². The first kappa shape index (κ1) is 13.5. The molecule has 0 aromatic heterocycles. The third-order valence-corrected chi connectivity index (χ3v) is 5.23. The first-order valence-electron chi connectivity index (χ1n) is 7.06. The van der Waals surface area contributed by atoms with Crippen LogP contribution in [0.1, 0.15) is 16.8 Å². The molecule has 3 aliphatic rings. The highest BCUT2D eigenvalue weighted by atomic mass is 35.5. The zero-order valence-corrected chi connectivity index (χ0v) is 12.1. The van der Waals surface area contributed by atoms with Gasteiger partial charge in [-0.25, -0.2) is 4.90 Å². The number of carboxylic acid groups (broad SMARTS) is 1. The summed E-state index contributed by atoms with van der Waals surface area (Å²) < 4.78 is 0. The van der Waals surface area contributed by atoms with Gasteiger partial charge in [0.15, 0.2) is 0 Å². The Bertz CT molecular complexity index is 727. The van der Waals surface area contributed by atoms with Crippen LogP contribution in [0, 0.1) is 23.7 Å². The molecule has 0 N–H and O–H groups in total. The Morgan fingerprint density at radius 1 is 1.14 bits per heavy atom. The van der Waals surface area contributed by atoms with Gasteiger partial charge >= 0.3 is 0 Å². The minimum atomic E-state index is -1.44. The van der Waals surface area contributed by atoms with Crippen LogP contribution in [0.4, 0.5) is 5.69 Å². The second kappa shape index (κ2) is 4.43. The van der Waals surface area contributed by atoms with E-state index in [-0.39, 0.29) is 51.8 Å². The van der Waals surface area contributed by atoms with Crippen molar-refractivity contribution in [3.8, 4) is 0 Å². The lowest BCUT2D eigenvalue weighted by atomic mass is 9.85. The van der Waals surface area contributed by atoms with Gasteiger partial charge in [0, 0.05) is 10.6 Å². The number of carbonyl (C=O) groups excluding carboxylic acids is 3. The number of hydrogen-bond donors (Lipinski definition) is 0. The molecule has 0 unspecified atom stereocenters. The molecular weight excluding hydrogens is 306 g/mol. The SMILES string of the molecule is O=C([O-])c1cc(N2C(=O)[C@@H]3[C@H](C2=O)[C@@H]2C=C[C@@H]3C2)ccc1Cl. The number of fused-ring (bicyclic) bond motifs is 5. The van der Waals surface area contributed by atoms with Crippen LogP contribution in [0.3, 0.4) is 0 Å². The van der Waals surface area contributed by atoms with E-state index in [2.05, 4.69) is 0 Å². The number of allylic oxidation sites excluding steroid dienone is 2. The lowest BCUT2D eigenvalue weighted by molar-refractivity contribution is -0.255. The molecule has 22 heavy (non-hydrogen) atoms. The van der Waals surface area contributed by atoms with Crippen LogP contribution >= 0.6 is 11.6 Å². The van der Waals surface area contributed by atoms with Crippen LogP contribution in [-0.2, 0) is 9.59 Å². The highest BCUT2D eigenvalue weighted by Gasteiger charge is 2.59. The number of amides is 2. The summed E-state index contributed by atoms with van der Waals surface area (Å²) >= 11 is 5.80. The van der Waals surface area contributed by atoms with Gasteiger partial charge in [0.05, 0.1) is 23.5 Å². The van der Waals surface area contributed by atoms with E-state index in [0.29, 0.717) is 0 Å². The minimum Gasteiger partial charge on any atom is -0.545 e. The zero-order chi connectivity index (χ0) is 15.6. The van der Waals surface area contributed by atoms with Crippen molar-refractivity contribution < 1.29 is 19.5 Å². The normalized spacial score (nSPS) is 32.0. The molecule has 2 amide bonds. The molecular formula is C16H11ClNO4-. The molecule has 2 fully saturated rings. The van der Waals surface area contributed by atoms with E-state index in [9.17, 15) is 19.5 Å². The summed E-state index contributed by atoms with van der Waals surface area (Å²) in [5.74, 6) is -2.34. The summed E-state index contributed by atoms with van der Waals surface area (Å²) in [6.07, 6.45) is 4.87. The fourth-order valence-corrected chi connectivity index (χ4v) is 4.16. The molecule has 4 atom stereocenters. The topological polar surface area (TPSA) is 77.5 Å². The maximum absolute atomic E-state index is 12.6. The summed E-state index contributed by atoms with van der Waals surface area (Å²) in [5.41, 5.74) is 0.0188. The predicted molar refractivity (Wildman–Crippen MR) is 76.0 cm³/mol. The lowest BCUT2D eigenvalue weighted by Crippen LogP contribution is -2.33. The molecule has 0 spiro atoms. The summed E-state index contributed by atoms with van der Waals surface area (Å²) in [6.45, 7) is 0. The third kappa shape index (κ3) is 1.63. The monoisotopic (exact) mass is 316 g/mol. The average Bonchev–Trinajstić information content (AvgIpc) is 3.14. The highest BCUT2D eigenvalue weighted by molar-refractivity contribution is 6.33. The van der Waals surface area contributed by atoms with Crippen molar-refractivity contribution in [2.75, 3.05) is 4.90 Å². The quantitative estimate of drug-likeness (QED) is 0.603. The number of carboxylic acids is 1. The number of carbonyl (C=O) groups is 3. The summed E-state index contributed by atoms with van der Waals surface area (Å²) in [6, 6.07) is 4.08. The van der Waals surface area contributed by atoms with Crippen LogP contribution in [-0.4, -0.2) is 17.8 Å². The summed E-state index contributed by atoms with van der Waals surface area (Å²) in [5, 5.41) is 11.1. The number of anilines is 1. The maximum atomic E-state index is 12.6. The lowest BCUT2D eigenvalue weighted by Gasteiger charge is -2.18. The Kier molecular flexibility index (Phi) is 2.72. The molecule has 4 rings (SSSR count). The van der Waals surface area contributed by atoms with Crippen LogP contribution < -0.4 is 10.0 Å². The highest BCUT2D eigenvalue weighted by Crippen LogP contribution is 2.53. The zero-order valence-electron chi connectivity index (χ0n) is 11.4. The Balaban J connectivity index is 1.76. The van der Waals surface area contributed by atoms with Gasteiger partial charge in [-0.15, -0.1) is 0 Å². The van der Waals surface area contributed by atoms with Crippen LogP contribution in [0.25, 0.3) is 0 Å². The van der Waals surface area contributed by atoms with Gasteiger partial charge in [-0.2, -0.15) is 0 Å².